The van der Waals surface area contributed by atoms with Gasteiger partial charge in [0.15, 0.2) is 0 Å². The molecule has 19 heavy (non-hydrogen) atoms. The molecule has 0 radical (unpaired) electrons. The van der Waals surface area contributed by atoms with Gasteiger partial charge in [-0.1, -0.05) is 39.7 Å². The fraction of sp³-hybridized carbons (Fsp3) is 0.571. The van der Waals surface area contributed by atoms with E-state index in [2.05, 4.69) is 15.9 Å². The lowest BCUT2D eigenvalue weighted by Gasteiger charge is -2.16. The Hall–Kier alpha value is -0.130. The van der Waals surface area contributed by atoms with Crippen LogP contribution in [0.1, 0.15) is 18.1 Å². The third-order valence-corrected chi connectivity index (χ3v) is 3.41. The van der Waals surface area contributed by atoms with Gasteiger partial charge in [0.1, 0.15) is 0 Å². The van der Waals surface area contributed by atoms with Gasteiger partial charge < -0.3 is 14.2 Å². The summed E-state index contributed by atoms with van der Waals surface area (Å²) in [5.41, 5.74) is 1.11. The van der Waals surface area contributed by atoms with E-state index in [0.29, 0.717) is 19.8 Å². The first-order chi connectivity index (χ1) is 9.27. The number of methoxy groups -OCH3 is 1. The van der Waals surface area contributed by atoms with Gasteiger partial charge in [-0.15, -0.1) is 0 Å². The van der Waals surface area contributed by atoms with E-state index in [4.69, 9.17) is 25.8 Å². The van der Waals surface area contributed by atoms with Gasteiger partial charge in [-0.2, -0.15) is 0 Å². The van der Waals surface area contributed by atoms with Crippen LogP contribution >= 0.6 is 27.5 Å². The first-order valence-corrected chi connectivity index (χ1v) is 7.77. The highest BCUT2D eigenvalue weighted by Crippen LogP contribution is 2.21. The van der Waals surface area contributed by atoms with Crippen molar-refractivity contribution in [2.24, 2.45) is 0 Å². The fourth-order valence-electron chi connectivity index (χ4n) is 1.56. The van der Waals surface area contributed by atoms with Crippen molar-refractivity contribution in [1.82, 2.24) is 0 Å². The third-order valence-electron chi connectivity index (χ3n) is 2.57. The first kappa shape index (κ1) is 16.9. The molecular weight excluding hydrogens is 332 g/mol. The van der Waals surface area contributed by atoms with Crippen LogP contribution in [0.15, 0.2) is 24.3 Å². The molecule has 1 rings (SSSR count). The van der Waals surface area contributed by atoms with Gasteiger partial charge in [0.2, 0.25) is 0 Å². The summed E-state index contributed by atoms with van der Waals surface area (Å²) in [6.45, 7) is 2.61. The van der Waals surface area contributed by atoms with Crippen molar-refractivity contribution < 1.29 is 14.2 Å². The molecule has 1 aromatic rings. The van der Waals surface area contributed by atoms with Crippen LogP contribution < -0.4 is 0 Å². The molecule has 0 amide bonds. The quantitative estimate of drug-likeness (QED) is 0.473. The first-order valence-electron chi connectivity index (χ1n) is 6.27. The van der Waals surface area contributed by atoms with Gasteiger partial charge in [-0.05, 0) is 24.1 Å². The topological polar surface area (TPSA) is 27.7 Å². The highest BCUT2D eigenvalue weighted by molar-refractivity contribution is 9.09. The Morgan fingerprint density at radius 1 is 1.11 bits per heavy atom. The van der Waals surface area contributed by atoms with Crippen LogP contribution in [0.25, 0.3) is 0 Å². The Bertz CT molecular complexity index is 332. The number of alkyl halides is 1. The molecule has 0 aromatic heterocycles. The molecular formula is C14H20BrClO3. The highest BCUT2D eigenvalue weighted by atomic mass is 79.9. The van der Waals surface area contributed by atoms with E-state index in [1.807, 2.05) is 24.3 Å². The van der Waals surface area contributed by atoms with Gasteiger partial charge in [0, 0.05) is 30.7 Å². The number of rotatable bonds is 10. The van der Waals surface area contributed by atoms with E-state index in [1.54, 1.807) is 7.11 Å². The number of hydrogen-bond acceptors (Lipinski definition) is 3. The molecule has 0 spiro atoms. The Balaban J connectivity index is 2.20. The molecule has 0 aliphatic heterocycles. The molecule has 1 atom stereocenters. The molecule has 0 N–H and O–H groups in total. The van der Waals surface area contributed by atoms with Gasteiger partial charge >= 0.3 is 0 Å². The zero-order valence-corrected chi connectivity index (χ0v) is 13.5. The summed E-state index contributed by atoms with van der Waals surface area (Å²) in [6.07, 6.45) is 0.940. The van der Waals surface area contributed by atoms with Gasteiger partial charge in [-0.25, -0.2) is 0 Å². The van der Waals surface area contributed by atoms with E-state index < -0.39 is 0 Å². The summed E-state index contributed by atoms with van der Waals surface area (Å²) in [5.74, 6) is 0. The van der Waals surface area contributed by atoms with Gasteiger partial charge in [0.25, 0.3) is 0 Å². The standard InChI is InChI=1S/C14H20BrClO3/c1-17-7-2-8-18-9-10-19-14(11-15)12-3-5-13(16)6-4-12/h3-6,14H,2,7-11H2,1H3. The molecule has 1 aromatic carbocycles. The number of benzene rings is 1. The van der Waals surface area contributed by atoms with E-state index >= 15 is 0 Å². The van der Waals surface area contributed by atoms with Crippen molar-refractivity contribution >= 4 is 27.5 Å². The lowest BCUT2D eigenvalue weighted by Crippen LogP contribution is -2.12. The number of ether oxygens (including phenoxy) is 3. The van der Waals surface area contributed by atoms with Crippen LogP contribution in [0.4, 0.5) is 0 Å². The maximum atomic E-state index is 5.86. The summed E-state index contributed by atoms with van der Waals surface area (Å²) in [5, 5.41) is 1.48. The van der Waals surface area contributed by atoms with Crippen molar-refractivity contribution in [3.8, 4) is 0 Å². The largest absolute Gasteiger partial charge is 0.385 e. The molecule has 108 valence electrons. The van der Waals surface area contributed by atoms with Crippen LogP contribution in [0.2, 0.25) is 5.02 Å². The minimum Gasteiger partial charge on any atom is -0.385 e. The lowest BCUT2D eigenvalue weighted by atomic mass is 10.1. The molecule has 0 bridgehead atoms. The normalized spacial score (nSPS) is 12.6. The van der Waals surface area contributed by atoms with Crippen LogP contribution in [0.3, 0.4) is 0 Å². The fourth-order valence-corrected chi connectivity index (χ4v) is 2.25. The van der Waals surface area contributed by atoms with Crippen molar-refractivity contribution in [2.75, 3.05) is 38.9 Å². The van der Waals surface area contributed by atoms with E-state index in [0.717, 1.165) is 28.9 Å². The molecule has 0 saturated carbocycles. The lowest BCUT2D eigenvalue weighted by molar-refractivity contribution is 0.00979. The Labute approximate surface area is 128 Å². The second-order valence-corrected chi connectivity index (χ2v) is 5.11. The average Bonchev–Trinajstić information content (AvgIpc) is 2.43. The zero-order valence-electron chi connectivity index (χ0n) is 11.1. The molecule has 5 heteroatoms. The summed E-state index contributed by atoms with van der Waals surface area (Å²) in [7, 11) is 1.69. The maximum absolute atomic E-state index is 5.86. The van der Waals surface area contributed by atoms with Crippen LogP contribution in [-0.4, -0.2) is 38.9 Å². The molecule has 0 fully saturated rings. The van der Waals surface area contributed by atoms with Crippen molar-refractivity contribution in [3.05, 3.63) is 34.9 Å². The van der Waals surface area contributed by atoms with Crippen LogP contribution in [0.5, 0.6) is 0 Å². The van der Waals surface area contributed by atoms with Crippen molar-refractivity contribution in [1.29, 1.82) is 0 Å². The van der Waals surface area contributed by atoms with Crippen LogP contribution in [0, 0.1) is 0 Å². The highest BCUT2D eigenvalue weighted by Gasteiger charge is 2.10. The smallest absolute Gasteiger partial charge is 0.0922 e. The van der Waals surface area contributed by atoms with Gasteiger partial charge in [-0.3, -0.25) is 0 Å². The summed E-state index contributed by atoms with van der Waals surface area (Å²) in [4.78, 5) is 0. The molecule has 0 saturated heterocycles. The third kappa shape index (κ3) is 7.28. The van der Waals surface area contributed by atoms with E-state index in [9.17, 15) is 0 Å². The minimum absolute atomic E-state index is 0.0276. The molecule has 1 unspecified atom stereocenters. The SMILES string of the molecule is COCCCOCCOC(CBr)c1ccc(Cl)cc1. The predicted octanol–water partition coefficient (Wildman–Crippen LogP) is 3.85. The Kier molecular flexibility index (Phi) is 9.47. The summed E-state index contributed by atoms with van der Waals surface area (Å²) < 4.78 is 16.2. The molecule has 0 aliphatic rings. The monoisotopic (exact) mass is 350 g/mol. The molecule has 0 heterocycles. The maximum Gasteiger partial charge on any atom is 0.0922 e. The average molecular weight is 352 g/mol. The number of hydrogen-bond donors (Lipinski definition) is 0. The second-order valence-electron chi connectivity index (χ2n) is 4.02. The van der Waals surface area contributed by atoms with Gasteiger partial charge in [0.05, 0.1) is 19.3 Å². The predicted molar refractivity (Wildman–Crippen MR) is 81.3 cm³/mol. The van der Waals surface area contributed by atoms with E-state index in [1.165, 1.54) is 0 Å². The summed E-state index contributed by atoms with van der Waals surface area (Å²) >= 11 is 9.32. The van der Waals surface area contributed by atoms with Crippen molar-refractivity contribution in [2.45, 2.75) is 12.5 Å². The Morgan fingerprint density at radius 3 is 2.47 bits per heavy atom. The minimum atomic E-state index is 0.0276. The number of halogens is 2. The second kappa shape index (κ2) is 10.6. The molecule has 0 aliphatic carbocycles. The van der Waals surface area contributed by atoms with E-state index in [-0.39, 0.29) is 6.10 Å². The molecule has 3 nitrogen and oxygen atoms in total. The zero-order chi connectivity index (χ0) is 13.9. The van der Waals surface area contributed by atoms with Crippen LogP contribution in [-0.2, 0) is 14.2 Å². The van der Waals surface area contributed by atoms with Crippen molar-refractivity contribution in [3.63, 3.8) is 0 Å². The Morgan fingerprint density at radius 2 is 1.84 bits per heavy atom. The summed E-state index contributed by atoms with van der Waals surface area (Å²) in [6, 6.07) is 7.70.